The van der Waals surface area contributed by atoms with Gasteiger partial charge < -0.3 is 18.7 Å². The molecular formula is C39H55BrO5Si2. The zero-order valence-corrected chi connectivity index (χ0v) is 33.6. The Morgan fingerprint density at radius 3 is 1.55 bits per heavy atom. The highest BCUT2D eigenvalue weighted by Crippen LogP contribution is 2.45. The summed E-state index contributed by atoms with van der Waals surface area (Å²) in [7, 11) is -4.51. The second-order valence-electron chi connectivity index (χ2n) is 15.5. The molecule has 1 N–H and O–H groups in total. The number of esters is 1. The van der Waals surface area contributed by atoms with Gasteiger partial charge in [0.1, 0.15) is 0 Å². The topological polar surface area (TPSA) is 65.0 Å². The summed E-state index contributed by atoms with van der Waals surface area (Å²) >= 11 is 3.63. The van der Waals surface area contributed by atoms with Crippen molar-refractivity contribution in [1.82, 2.24) is 0 Å². The molecule has 0 radical (unpaired) electrons. The molecule has 0 aliphatic rings. The Hall–Kier alpha value is -2.34. The van der Waals surface area contributed by atoms with Gasteiger partial charge in [-0.2, -0.15) is 0 Å². The second kappa shape index (κ2) is 15.5. The second-order valence-corrected chi connectivity index (χ2v) is 26.1. The third kappa shape index (κ3) is 9.86. The van der Waals surface area contributed by atoms with Crippen LogP contribution >= 0.6 is 15.9 Å². The molecule has 0 amide bonds. The van der Waals surface area contributed by atoms with Crippen LogP contribution in [0.3, 0.4) is 0 Å². The summed E-state index contributed by atoms with van der Waals surface area (Å²) in [5, 5.41) is 12.6. The number of benzene rings is 3. The number of rotatable bonds is 14. The molecule has 5 nitrogen and oxygen atoms in total. The number of ether oxygens (including phenoxy) is 1. The van der Waals surface area contributed by atoms with E-state index in [9.17, 15) is 9.90 Å². The highest BCUT2D eigenvalue weighted by molar-refractivity contribution is 9.11. The molecule has 3 aromatic carbocycles. The average Bonchev–Trinajstić information content (AvgIpc) is 2.99. The first kappa shape index (κ1) is 39.1. The van der Waals surface area contributed by atoms with Crippen LogP contribution in [0.15, 0.2) is 102 Å². The number of carbonyl (C=O) groups excluding carboxylic acids is 1. The Morgan fingerprint density at radius 2 is 1.15 bits per heavy atom. The van der Waals surface area contributed by atoms with E-state index >= 15 is 0 Å². The minimum absolute atomic E-state index is 0.00680. The molecule has 0 spiro atoms. The quantitative estimate of drug-likeness (QED) is 0.132. The van der Waals surface area contributed by atoms with Crippen LogP contribution in [0.5, 0.6) is 0 Å². The van der Waals surface area contributed by atoms with Gasteiger partial charge >= 0.3 is 5.97 Å². The number of aliphatic hydroxyl groups is 1. The Balaban J connectivity index is 2.05. The van der Waals surface area contributed by atoms with Crippen LogP contribution in [-0.2, 0) is 24.0 Å². The van der Waals surface area contributed by atoms with Crippen LogP contribution in [-0.4, -0.2) is 39.9 Å². The molecule has 0 aliphatic heterocycles. The number of hydrogen-bond acceptors (Lipinski definition) is 5. The third-order valence-corrected chi connectivity index (χ3v) is 19.4. The molecule has 3 atom stereocenters. The zero-order chi connectivity index (χ0) is 35.3. The van der Waals surface area contributed by atoms with Crippen LogP contribution in [0.25, 0.3) is 0 Å². The predicted octanol–water partition coefficient (Wildman–Crippen LogP) is 10.7. The molecule has 47 heavy (non-hydrogen) atoms. The first-order valence-electron chi connectivity index (χ1n) is 16.5. The summed E-state index contributed by atoms with van der Waals surface area (Å²) in [6.07, 6.45) is -1.44. The Labute approximate surface area is 294 Å². The summed E-state index contributed by atoms with van der Waals surface area (Å²) in [5.74, 6) is -0.459. The largest absolute Gasteiger partial charge is 0.454 e. The fraction of sp³-hybridized carbons (Fsp3) is 0.462. The highest BCUT2D eigenvalue weighted by Gasteiger charge is 2.46. The molecule has 3 rings (SSSR count). The molecule has 0 bridgehead atoms. The molecule has 0 saturated heterocycles. The Bertz CT molecular complexity index is 1410. The lowest BCUT2D eigenvalue weighted by molar-refractivity contribution is -0.165. The van der Waals surface area contributed by atoms with Crippen molar-refractivity contribution < 1.29 is 23.5 Å². The maximum absolute atomic E-state index is 14.2. The van der Waals surface area contributed by atoms with Crippen molar-refractivity contribution in [3.05, 3.63) is 119 Å². The van der Waals surface area contributed by atoms with E-state index in [0.717, 1.165) is 4.48 Å². The first-order valence-corrected chi connectivity index (χ1v) is 23.1. The molecular weight excluding hydrogens is 685 g/mol. The number of halogens is 1. The molecule has 0 unspecified atom stereocenters. The number of carbonyl (C=O) groups is 1. The van der Waals surface area contributed by atoms with Gasteiger partial charge in [-0.15, -0.1) is 0 Å². The van der Waals surface area contributed by atoms with Gasteiger partial charge in [0.15, 0.2) is 28.3 Å². The van der Waals surface area contributed by atoms with Gasteiger partial charge in [-0.05, 0) is 53.0 Å². The van der Waals surface area contributed by atoms with Crippen molar-refractivity contribution in [1.29, 1.82) is 0 Å². The molecule has 0 aromatic heterocycles. The standard InChI is InChI=1S/C39H55BrO5Si2/c1-29(40)34(45-47(10,11)38(5,6)7)27-33(44-46(8,9)37(2,3)4)28-35(41)43-36(30-21-15-12-16-22-30)39(42,31-23-17-13-18-24-31)32-25-19-14-20-26-32/h12-26,33-34,36,42H,1,27-28H2,2-11H3/t33-,34+,36+/m1/s1. The lowest BCUT2D eigenvalue weighted by atomic mass is 9.79. The van der Waals surface area contributed by atoms with Crippen molar-refractivity contribution >= 4 is 38.5 Å². The smallest absolute Gasteiger partial charge is 0.309 e. The van der Waals surface area contributed by atoms with Gasteiger partial charge in [0.25, 0.3) is 0 Å². The fourth-order valence-corrected chi connectivity index (χ4v) is 8.14. The van der Waals surface area contributed by atoms with E-state index in [1.807, 2.05) is 91.0 Å². The van der Waals surface area contributed by atoms with Gasteiger partial charge in [-0.1, -0.05) is 155 Å². The van der Waals surface area contributed by atoms with Crippen molar-refractivity contribution in [2.24, 2.45) is 0 Å². The summed E-state index contributed by atoms with van der Waals surface area (Å²) in [5.41, 5.74) is 0.277. The van der Waals surface area contributed by atoms with Gasteiger partial charge in [-0.25, -0.2) is 0 Å². The van der Waals surface area contributed by atoms with Crippen LogP contribution in [0.2, 0.25) is 36.3 Å². The normalized spacial score (nSPS) is 15.1. The molecule has 0 aliphatic carbocycles. The fourth-order valence-electron chi connectivity index (χ4n) is 5.02. The first-order chi connectivity index (χ1) is 21.7. The minimum Gasteiger partial charge on any atom is -0.454 e. The monoisotopic (exact) mass is 738 g/mol. The maximum atomic E-state index is 14.2. The van der Waals surface area contributed by atoms with E-state index < -0.39 is 40.4 Å². The van der Waals surface area contributed by atoms with E-state index in [1.54, 1.807) is 0 Å². The SMILES string of the molecule is C=C(Br)[C@H](C[C@H](CC(=O)O[C@@H](c1ccccc1)C(O)(c1ccccc1)c1ccccc1)O[Si](C)(C)C(C)(C)C)O[Si](C)(C)C(C)(C)C. The third-order valence-electron chi connectivity index (χ3n) is 9.89. The van der Waals surface area contributed by atoms with Crippen molar-refractivity contribution in [2.45, 2.75) is 115 Å². The van der Waals surface area contributed by atoms with E-state index in [4.69, 9.17) is 13.6 Å². The van der Waals surface area contributed by atoms with E-state index in [-0.39, 0.29) is 22.6 Å². The van der Waals surface area contributed by atoms with Crippen molar-refractivity contribution in [3.8, 4) is 0 Å². The van der Waals surface area contributed by atoms with Crippen LogP contribution in [0, 0.1) is 0 Å². The van der Waals surface area contributed by atoms with E-state index in [2.05, 4.69) is 90.2 Å². The molecule has 8 heteroatoms. The molecule has 3 aromatic rings. The molecule has 256 valence electrons. The summed E-state index contributed by atoms with van der Waals surface area (Å²) in [4.78, 5) is 14.2. The lowest BCUT2D eigenvalue weighted by Crippen LogP contribution is -2.48. The molecule has 0 saturated carbocycles. The van der Waals surface area contributed by atoms with E-state index in [0.29, 0.717) is 23.1 Å². The van der Waals surface area contributed by atoms with Crippen LogP contribution in [0.1, 0.15) is 77.2 Å². The van der Waals surface area contributed by atoms with Gasteiger partial charge in [-0.3, -0.25) is 4.79 Å². The maximum Gasteiger partial charge on any atom is 0.309 e. The molecule has 0 heterocycles. The highest BCUT2D eigenvalue weighted by atomic mass is 79.9. The minimum atomic E-state index is -2.32. The summed E-state index contributed by atoms with van der Waals surface area (Å²) in [6, 6.07) is 28.3. The average molecular weight is 740 g/mol. The Morgan fingerprint density at radius 1 is 0.745 bits per heavy atom. The van der Waals surface area contributed by atoms with Crippen LogP contribution < -0.4 is 0 Å². The van der Waals surface area contributed by atoms with Gasteiger partial charge in [0.05, 0.1) is 18.6 Å². The van der Waals surface area contributed by atoms with Crippen molar-refractivity contribution in [2.75, 3.05) is 0 Å². The van der Waals surface area contributed by atoms with E-state index in [1.165, 1.54) is 0 Å². The zero-order valence-electron chi connectivity index (χ0n) is 30.0. The van der Waals surface area contributed by atoms with Crippen LogP contribution in [0.4, 0.5) is 0 Å². The van der Waals surface area contributed by atoms with Crippen molar-refractivity contribution in [3.63, 3.8) is 0 Å². The molecule has 0 fully saturated rings. The lowest BCUT2D eigenvalue weighted by Gasteiger charge is -2.42. The van der Waals surface area contributed by atoms with Gasteiger partial charge in [0, 0.05) is 10.9 Å². The summed E-state index contributed by atoms with van der Waals surface area (Å²) < 4.78 is 20.9. The Kier molecular flexibility index (Phi) is 12.9. The van der Waals surface area contributed by atoms with Gasteiger partial charge in [0.2, 0.25) is 0 Å². The summed E-state index contributed by atoms with van der Waals surface area (Å²) in [6.45, 7) is 26.2. The number of hydrogen-bond donors (Lipinski definition) is 1. The predicted molar refractivity (Wildman–Crippen MR) is 203 cm³/mol.